The molecular formula is C16H32BrI. The largest absolute Gasteiger partial charge is 0.0775 e. The maximum Gasteiger partial charge on any atom is 0.0662 e. The van der Waals surface area contributed by atoms with Crippen molar-refractivity contribution in [1.82, 2.24) is 0 Å². The second-order valence-corrected chi connectivity index (χ2v) is 9.74. The first kappa shape index (κ1) is 19.2. The summed E-state index contributed by atoms with van der Waals surface area (Å²) in [7, 11) is 0. The molecule has 0 aromatic carbocycles. The summed E-state index contributed by atoms with van der Waals surface area (Å²) in [6, 6.07) is 0. The summed E-state index contributed by atoms with van der Waals surface area (Å²) in [5.74, 6) is 0. The summed E-state index contributed by atoms with van der Waals surface area (Å²) in [4.78, 5) is 0. The molecule has 110 valence electrons. The summed E-state index contributed by atoms with van der Waals surface area (Å²) in [5.41, 5.74) is 0. The van der Waals surface area contributed by atoms with Gasteiger partial charge in [0.25, 0.3) is 0 Å². The van der Waals surface area contributed by atoms with Crippen molar-refractivity contribution < 1.29 is 0 Å². The van der Waals surface area contributed by atoms with Crippen molar-refractivity contribution in [2.45, 2.75) is 99.6 Å². The topological polar surface area (TPSA) is 0 Å². The number of hydrogen-bond acceptors (Lipinski definition) is 0. The Morgan fingerprint density at radius 1 is 0.667 bits per heavy atom. The Morgan fingerprint density at radius 3 is 1.33 bits per heavy atom. The van der Waals surface area contributed by atoms with Crippen LogP contribution >= 0.6 is 38.5 Å². The van der Waals surface area contributed by atoms with Gasteiger partial charge in [-0.25, -0.2) is 0 Å². The van der Waals surface area contributed by atoms with Crippen molar-refractivity contribution >= 4 is 38.5 Å². The predicted octanol–water partition coefficient (Wildman–Crippen LogP) is 7.62. The van der Waals surface area contributed by atoms with Gasteiger partial charge >= 0.3 is 0 Å². The van der Waals surface area contributed by atoms with Crippen LogP contribution in [0.2, 0.25) is 0 Å². The van der Waals surface area contributed by atoms with E-state index in [2.05, 4.69) is 45.4 Å². The molecule has 0 heterocycles. The van der Waals surface area contributed by atoms with Crippen LogP contribution in [0.1, 0.15) is 96.8 Å². The lowest BCUT2D eigenvalue weighted by Gasteiger charge is -2.03. The Bertz CT molecular complexity index is 148. The van der Waals surface area contributed by atoms with Crippen LogP contribution in [0, 0.1) is 0 Å². The van der Waals surface area contributed by atoms with Crippen molar-refractivity contribution in [3.8, 4) is 0 Å². The molecular weight excluding hydrogens is 399 g/mol. The molecule has 0 spiro atoms. The molecule has 18 heavy (non-hydrogen) atoms. The maximum atomic E-state index is 3.59. The molecule has 0 saturated carbocycles. The minimum Gasteiger partial charge on any atom is -0.0775 e. The molecule has 2 heteroatoms. The van der Waals surface area contributed by atoms with Gasteiger partial charge in [-0.1, -0.05) is 129 Å². The molecule has 0 fully saturated rings. The lowest BCUT2D eigenvalue weighted by molar-refractivity contribution is 0.538. The first-order chi connectivity index (χ1) is 8.77. The van der Waals surface area contributed by atoms with Crippen molar-refractivity contribution in [3.05, 3.63) is 0 Å². The lowest BCUT2D eigenvalue weighted by Crippen LogP contribution is -1.86. The van der Waals surface area contributed by atoms with Crippen LogP contribution in [-0.4, -0.2) is 2.83 Å². The third kappa shape index (κ3) is 17.2. The van der Waals surface area contributed by atoms with E-state index in [1.54, 1.807) is 0 Å². The normalized spacial score (nSPS) is 12.8. The van der Waals surface area contributed by atoms with E-state index < -0.39 is 0 Å². The maximum absolute atomic E-state index is 3.59. The van der Waals surface area contributed by atoms with Crippen LogP contribution in [0.15, 0.2) is 0 Å². The van der Waals surface area contributed by atoms with Crippen LogP contribution in [-0.2, 0) is 0 Å². The Kier molecular flexibility index (Phi) is 17.4. The minimum atomic E-state index is 0.683. The lowest BCUT2D eigenvalue weighted by atomic mass is 10.0. The first-order valence-electron chi connectivity index (χ1n) is 8.05. The van der Waals surface area contributed by atoms with Gasteiger partial charge in [-0.05, 0) is 6.42 Å². The minimum absolute atomic E-state index is 0.683. The molecule has 0 aliphatic carbocycles. The number of alkyl halides is 2. The molecule has 1 atom stereocenters. The molecule has 0 amide bonds. The van der Waals surface area contributed by atoms with Gasteiger partial charge in [0, 0.05) is 0 Å². The van der Waals surface area contributed by atoms with Crippen LogP contribution in [0.5, 0.6) is 0 Å². The van der Waals surface area contributed by atoms with Gasteiger partial charge in [0.2, 0.25) is 0 Å². The highest BCUT2D eigenvalue weighted by Crippen LogP contribution is 2.18. The summed E-state index contributed by atoms with van der Waals surface area (Å²) < 4.78 is 0.683. The molecule has 0 aromatic rings. The molecule has 0 rings (SSSR count). The van der Waals surface area contributed by atoms with E-state index in [1.807, 2.05) is 0 Å². The van der Waals surface area contributed by atoms with E-state index in [9.17, 15) is 0 Å². The predicted molar refractivity (Wildman–Crippen MR) is 97.0 cm³/mol. The van der Waals surface area contributed by atoms with Gasteiger partial charge in [0.1, 0.15) is 0 Å². The van der Waals surface area contributed by atoms with Crippen LogP contribution in [0.4, 0.5) is 0 Å². The van der Waals surface area contributed by atoms with E-state index in [4.69, 9.17) is 0 Å². The second-order valence-electron chi connectivity index (χ2n) is 5.42. The van der Waals surface area contributed by atoms with Crippen molar-refractivity contribution in [2.24, 2.45) is 0 Å². The van der Waals surface area contributed by atoms with Crippen molar-refractivity contribution in [1.29, 1.82) is 0 Å². The number of hydrogen-bond donors (Lipinski definition) is 0. The fourth-order valence-electron chi connectivity index (χ4n) is 2.32. The van der Waals surface area contributed by atoms with Crippen molar-refractivity contribution in [3.63, 3.8) is 0 Å². The first-order valence-corrected chi connectivity index (χ1v) is 10.2. The number of unbranched alkanes of at least 4 members (excludes halogenated alkanes) is 12. The molecule has 0 aliphatic heterocycles. The highest BCUT2D eigenvalue weighted by atomic mass is 127. The zero-order valence-corrected chi connectivity index (χ0v) is 16.0. The smallest absolute Gasteiger partial charge is 0.0662 e. The third-order valence-electron chi connectivity index (χ3n) is 3.53. The Labute approximate surface area is 137 Å². The second kappa shape index (κ2) is 16.3. The summed E-state index contributed by atoms with van der Waals surface area (Å²) in [5, 5.41) is 0. The fraction of sp³-hybridized carbons (Fsp3) is 1.00. The van der Waals surface area contributed by atoms with Crippen LogP contribution in [0.3, 0.4) is 0 Å². The fourth-order valence-corrected chi connectivity index (χ4v) is 3.08. The summed E-state index contributed by atoms with van der Waals surface area (Å²) >= 11 is 6.05. The molecule has 1 unspecified atom stereocenters. The standard InChI is InChI=1S/C16H32BrI/c1-2-3-4-5-6-7-8-9-10-11-12-13-14-15-16(17)18/h16H,2-15H2,1H3. The molecule has 0 radical (unpaired) electrons. The Morgan fingerprint density at radius 2 is 1.00 bits per heavy atom. The van der Waals surface area contributed by atoms with Gasteiger partial charge in [0.05, 0.1) is 2.83 Å². The Balaban J connectivity index is 2.90. The van der Waals surface area contributed by atoms with Crippen LogP contribution in [0.25, 0.3) is 0 Å². The van der Waals surface area contributed by atoms with Gasteiger partial charge < -0.3 is 0 Å². The van der Waals surface area contributed by atoms with E-state index in [-0.39, 0.29) is 0 Å². The Hall–Kier alpha value is 1.21. The zero-order valence-electron chi connectivity index (χ0n) is 12.2. The van der Waals surface area contributed by atoms with Gasteiger partial charge in [-0.2, -0.15) is 0 Å². The molecule has 0 aliphatic rings. The van der Waals surface area contributed by atoms with Crippen LogP contribution < -0.4 is 0 Å². The molecule has 0 bridgehead atoms. The quantitative estimate of drug-likeness (QED) is 0.151. The third-order valence-corrected chi connectivity index (χ3v) is 4.61. The molecule has 0 aromatic heterocycles. The molecule has 0 saturated heterocycles. The SMILES string of the molecule is CCCCCCCCCCCCCCCC(Br)I. The van der Waals surface area contributed by atoms with E-state index >= 15 is 0 Å². The van der Waals surface area contributed by atoms with Gasteiger partial charge in [0.15, 0.2) is 0 Å². The number of rotatable bonds is 14. The zero-order chi connectivity index (χ0) is 13.5. The number of halogens is 2. The van der Waals surface area contributed by atoms with Gasteiger partial charge in [-0.15, -0.1) is 0 Å². The monoisotopic (exact) mass is 430 g/mol. The van der Waals surface area contributed by atoms with E-state index in [0.717, 1.165) is 0 Å². The summed E-state index contributed by atoms with van der Waals surface area (Å²) in [6.07, 6.45) is 20.2. The van der Waals surface area contributed by atoms with E-state index in [0.29, 0.717) is 2.83 Å². The van der Waals surface area contributed by atoms with Crippen molar-refractivity contribution in [2.75, 3.05) is 0 Å². The highest BCUT2D eigenvalue weighted by molar-refractivity contribution is 14.1. The van der Waals surface area contributed by atoms with E-state index in [1.165, 1.54) is 89.9 Å². The summed E-state index contributed by atoms with van der Waals surface area (Å²) in [6.45, 7) is 2.29. The average molecular weight is 431 g/mol. The molecule has 0 N–H and O–H groups in total. The highest BCUT2D eigenvalue weighted by Gasteiger charge is 1.97. The molecule has 0 nitrogen and oxygen atoms in total. The van der Waals surface area contributed by atoms with Gasteiger partial charge in [-0.3, -0.25) is 0 Å². The average Bonchev–Trinajstić information content (AvgIpc) is 2.34.